The molecule has 0 unspecified atom stereocenters. The first kappa shape index (κ1) is 50.1. The van der Waals surface area contributed by atoms with E-state index in [1.807, 2.05) is 0 Å². The summed E-state index contributed by atoms with van der Waals surface area (Å²) in [7, 11) is 0. The molecule has 0 aliphatic carbocycles. The molecule has 7 aromatic rings. The van der Waals surface area contributed by atoms with Gasteiger partial charge in [-0.1, -0.05) is 6.42 Å². The van der Waals surface area contributed by atoms with Gasteiger partial charge in [-0.05, 0) is 61.4 Å². The van der Waals surface area contributed by atoms with Gasteiger partial charge < -0.3 is 20.3 Å². The van der Waals surface area contributed by atoms with Gasteiger partial charge in [0.15, 0.2) is 69.8 Å². The Labute approximate surface area is 404 Å². The molecule has 0 atom stereocenters. The van der Waals surface area contributed by atoms with E-state index in [-0.39, 0.29) is 41.8 Å². The first-order valence-corrected chi connectivity index (χ1v) is 22.5. The summed E-state index contributed by atoms with van der Waals surface area (Å²) in [4.78, 5) is 47.8. The van der Waals surface area contributed by atoms with Crippen molar-refractivity contribution in [3.05, 3.63) is 141 Å². The number of halogens is 14. The third-order valence-corrected chi connectivity index (χ3v) is 12.9. The molecule has 0 spiro atoms. The van der Waals surface area contributed by atoms with Crippen molar-refractivity contribution in [2.24, 2.45) is 0 Å². The summed E-state index contributed by atoms with van der Waals surface area (Å²) in [5.74, 6) is -34.0. The number of benzene rings is 3. The minimum Gasteiger partial charge on any atom is -0.355 e. The maximum absolute atomic E-state index is 16.5. The molecule has 0 saturated heterocycles. The van der Waals surface area contributed by atoms with Crippen LogP contribution in [0.5, 0.6) is 0 Å². The van der Waals surface area contributed by atoms with Crippen LogP contribution in [-0.2, 0) is 14.4 Å². The normalized spacial score (nSPS) is 12.9. The smallest absolute Gasteiger partial charge is 0.253 e. The van der Waals surface area contributed by atoms with Crippen molar-refractivity contribution < 1.29 is 75.8 Å². The SMILES string of the molecule is O=C(CCCCCN1C(=O)C=CC1=O)NCCSc1c(F)c(F)c(-c2c3ccc([nH]3)c(-c3c(F)c(F)c(F)c(F)c3F)c3nc(c(-c4c(F)c(F)c(F)c(F)c4F)c4ccc([nH]4)c4ccc2[nH]4)C=C3)c(F)c1F. The summed E-state index contributed by atoms with van der Waals surface area (Å²) < 4.78 is 216. The van der Waals surface area contributed by atoms with Gasteiger partial charge in [0.25, 0.3) is 11.8 Å². The Morgan fingerprint density at radius 2 is 0.822 bits per heavy atom. The molecule has 4 N–H and O–H groups in total. The van der Waals surface area contributed by atoms with Gasteiger partial charge in [-0.3, -0.25) is 19.3 Å². The number of nitrogens with one attached hydrogen (secondary N) is 4. The second-order valence-electron chi connectivity index (χ2n) is 16.2. The van der Waals surface area contributed by atoms with E-state index in [4.69, 9.17) is 0 Å². The van der Waals surface area contributed by atoms with Gasteiger partial charge >= 0.3 is 0 Å². The maximum Gasteiger partial charge on any atom is 0.253 e. The van der Waals surface area contributed by atoms with Crippen LogP contribution in [0.1, 0.15) is 37.1 Å². The van der Waals surface area contributed by atoms with Gasteiger partial charge in [0.2, 0.25) is 17.5 Å². The number of imide groups is 1. The lowest BCUT2D eigenvalue weighted by Crippen LogP contribution is -2.30. The van der Waals surface area contributed by atoms with E-state index < -0.39 is 165 Å². The van der Waals surface area contributed by atoms with Gasteiger partial charge in [-0.25, -0.2) is 66.4 Å². The number of aromatic amines is 3. The third-order valence-electron chi connectivity index (χ3n) is 11.8. The summed E-state index contributed by atoms with van der Waals surface area (Å²) in [6.45, 7) is -0.0769. The average Bonchev–Trinajstić information content (AvgIpc) is 4.25. The molecule has 9 rings (SSSR count). The number of amides is 3. The molecule has 9 nitrogen and oxygen atoms in total. The van der Waals surface area contributed by atoms with Crippen LogP contribution in [0, 0.1) is 81.4 Å². The number of fused-ring (bicyclic) bond motifs is 9. The van der Waals surface area contributed by atoms with Crippen molar-refractivity contribution in [1.29, 1.82) is 0 Å². The molecule has 0 radical (unpaired) electrons. The summed E-state index contributed by atoms with van der Waals surface area (Å²) >= 11 is 0.296. The van der Waals surface area contributed by atoms with E-state index in [2.05, 4.69) is 25.3 Å². The lowest BCUT2D eigenvalue weighted by atomic mass is 10.0. The van der Waals surface area contributed by atoms with Crippen molar-refractivity contribution in [2.45, 2.75) is 30.6 Å². The first-order chi connectivity index (χ1) is 34.8. The fraction of sp³-hybridized carbons (Fsp3) is 0.143. The number of rotatable bonds is 13. The molecule has 6 heterocycles. The van der Waals surface area contributed by atoms with Crippen LogP contribution in [0.3, 0.4) is 0 Å². The molecule has 73 heavy (non-hydrogen) atoms. The summed E-state index contributed by atoms with van der Waals surface area (Å²) in [6.07, 6.45) is 5.19. The first-order valence-electron chi connectivity index (χ1n) is 21.5. The van der Waals surface area contributed by atoms with Crippen LogP contribution in [0.4, 0.5) is 61.5 Å². The number of hydrogen-bond donors (Lipinski definition) is 4. The van der Waals surface area contributed by atoms with Crippen molar-refractivity contribution in [2.75, 3.05) is 18.8 Å². The van der Waals surface area contributed by atoms with Gasteiger partial charge in [0, 0.05) is 76.2 Å². The minimum atomic E-state index is -2.60. The van der Waals surface area contributed by atoms with Crippen LogP contribution in [0.25, 0.3) is 78.6 Å². The van der Waals surface area contributed by atoms with E-state index in [1.165, 1.54) is 12.1 Å². The van der Waals surface area contributed by atoms with E-state index in [0.29, 0.717) is 31.0 Å². The second-order valence-corrected chi connectivity index (χ2v) is 17.3. The highest BCUT2D eigenvalue weighted by molar-refractivity contribution is 7.99. The van der Waals surface area contributed by atoms with Crippen molar-refractivity contribution in [3.63, 3.8) is 0 Å². The number of aromatic nitrogens is 4. The van der Waals surface area contributed by atoms with Gasteiger partial charge in [-0.2, -0.15) is 0 Å². The maximum atomic E-state index is 16.5. The van der Waals surface area contributed by atoms with Gasteiger partial charge in [0.05, 0.1) is 44.0 Å². The lowest BCUT2D eigenvalue weighted by molar-refractivity contribution is -0.137. The molecule has 8 bridgehead atoms. The average molecular weight is 1050 g/mol. The highest BCUT2D eigenvalue weighted by Crippen LogP contribution is 2.43. The molecule has 3 aromatic carbocycles. The van der Waals surface area contributed by atoms with Crippen molar-refractivity contribution >= 4 is 74.7 Å². The Kier molecular flexibility index (Phi) is 13.4. The second kappa shape index (κ2) is 19.6. The molecule has 24 heteroatoms. The monoisotopic (exact) mass is 1050 g/mol. The van der Waals surface area contributed by atoms with E-state index in [9.17, 15) is 40.7 Å². The molecular weight excluding hydrogens is 1020 g/mol. The standard InChI is InChI=1S/C49H28F14N6O3S/c50-35-32(36(51)42(57)45(60)41(35)56)29-20-7-5-18(65-20)19-6-8-21(66-19)30(23-10-12-25(68-23)31(24-11-9-22(29)67-24)33-37(52)43(58)46(61)44(59)38(33)53)34-39(54)47(62)49(48(63)40(34)55)73-17-15-64-26(70)4-2-1-3-16-69-27(71)13-14-28(69)72/h5-14,65-66,68H,1-4,15-17H2,(H,64,70). The molecule has 0 fully saturated rings. The Morgan fingerprint density at radius 3 is 1.27 bits per heavy atom. The summed E-state index contributed by atoms with van der Waals surface area (Å²) in [5.41, 5.74) is -10.9. The Hall–Kier alpha value is -7.89. The fourth-order valence-corrected chi connectivity index (χ4v) is 9.20. The number of H-pyrrole nitrogens is 3. The molecule has 2 aliphatic rings. The van der Waals surface area contributed by atoms with E-state index >= 15 is 35.1 Å². The predicted molar refractivity (Wildman–Crippen MR) is 239 cm³/mol. The van der Waals surface area contributed by atoms with Crippen LogP contribution in [0.2, 0.25) is 0 Å². The zero-order valence-electron chi connectivity index (χ0n) is 36.5. The van der Waals surface area contributed by atoms with Crippen LogP contribution in [-0.4, -0.2) is 61.4 Å². The highest BCUT2D eigenvalue weighted by Gasteiger charge is 2.33. The minimum absolute atomic E-state index is 0.000963. The van der Waals surface area contributed by atoms with E-state index in [0.717, 1.165) is 53.5 Å². The molecule has 4 aromatic heterocycles. The highest BCUT2D eigenvalue weighted by atomic mass is 32.2. The molecule has 376 valence electrons. The summed E-state index contributed by atoms with van der Waals surface area (Å²) in [6, 6.07) is 6.44. The van der Waals surface area contributed by atoms with Gasteiger partial charge in [-0.15, -0.1) is 11.8 Å². The Balaban J connectivity index is 1.17. The largest absolute Gasteiger partial charge is 0.355 e. The number of carbonyl (C=O) groups excluding carboxylic acids is 3. The number of unbranched alkanes of at least 4 members (excludes halogenated alkanes) is 2. The molecular formula is C49H28F14N6O3S. The van der Waals surface area contributed by atoms with Gasteiger partial charge in [0.1, 0.15) is 0 Å². The zero-order valence-corrected chi connectivity index (χ0v) is 37.4. The van der Waals surface area contributed by atoms with Crippen LogP contribution >= 0.6 is 11.8 Å². The Morgan fingerprint density at radius 1 is 0.452 bits per heavy atom. The quantitative estimate of drug-likeness (QED) is 0.0228. The number of nitrogens with zero attached hydrogens (tertiary/aromatic N) is 2. The number of carbonyl (C=O) groups is 3. The Bertz CT molecular complexity index is 3610. The zero-order chi connectivity index (χ0) is 52.3. The van der Waals surface area contributed by atoms with Crippen LogP contribution < -0.4 is 5.32 Å². The third kappa shape index (κ3) is 8.75. The van der Waals surface area contributed by atoms with E-state index in [1.54, 1.807) is 0 Å². The molecule has 3 amide bonds. The number of hydrogen-bond acceptors (Lipinski definition) is 5. The fourth-order valence-electron chi connectivity index (χ4n) is 8.36. The predicted octanol–water partition coefficient (Wildman–Crippen LogP) is 12.3. The summed E-state index contributed by atoms with van der Waals surface area (Å²) in [5, 5.41) is 2.50. The lowest BCUT2D eigenvalue weighted by Gasteiger charge is -2.13. The molecule has 0 saturated carbocycles. The van der Waals surface area contributed by atoms with Crippen molar-refractivity contribution in [1.82, 2.24) is 30.2 Å². The molecule has 2 aliphatic heterocycles. The van der Waals surface area contributed by atoms with Crippen LogP contribution in [0.15, 0.2) is 53.4 Å². The topological polar surface area (TPSA) is 127 Å². The van der Waals surface area contributed by atoms with Crippen molar-refractivity contribution in [3.8, 4) is 33.4 Å². The number of thioether (sulfide) groups is 1.